The van der Waals surface area contributed by atoms with Gasteiger partial charge in [0.05, 0.1) is 0 Å². The largest absolute Gasteiger partial charge is 0.326 e. The van der Waals surface area contributed by atoms with E-state index >= 15 is 0 Å². The molecule has 3 aromatic heterocycles. The van der Waals surface area contributed by atoms with Gasteiger partial charge in [0.2, 0.25) is 0 Å². The topological polar surface area (TPSA) is 45.8 Å². The van der Waals surface area contributed by atoms with E-state index in [1.807, 2.05) is 43.6 Å². The van der Waals surface area contributed by atoms with Crippen LogP contribution >= 0.6 is 11.3 Å². The average molecular weight is 355 g/mol. The van der Waals surface area contributed by atoms with E-state index in [0.29, 0.717) is 0 Å². The molecule has 0 atom stereocenters. The predicted octanol–water partition coefficient (Wildman–Crippen LogP) is 5.18. The van der Waals surface area contributed by atoms with Crippen LogP contribution in [0.1, 0.15) is 42.5 Å². The van der Waals surface area contributed by atoms with E-state index in [2.05, 4.69) is 34.2 Å². The van der Waals surface area contributed by atoms with Crippen molar-refractivity contribution in [2.45, 2.75) is 47.0 Å². The van der Waals surface area contributed by atoms with Crippen molar-refractivity contribution in [3.8, 4) is 10.4 Å². The number of pyridine rings is 2. The van der Waals surface area contributed by atoms with Crippen LogP contribution in [0.3, 0.4) is 0 Å². The van der Waals surface area contributed by atoms with Crippen LogP contribution in [0.4, 0.5) is 0 Å². The molecule has 0 bridgehead atoms. The summed E-state index contributed by atoms with van der Waals surface area (Å²) < 4.78 is 0. The minimum atomic E-state index is 0. The third kappa shape index (κ3) is 4.67. The molecule has 3 heterocycles. The lowest BCUT2D eigenvalue weighted by molar-refractivity contribution is 0.829. The number of H-pyrrole nitrogens is 1. The summed E-state index contributed by atoms with van der Waals surface area (Å²) in [7, 11) is 0. The maximum Gasteiger partial charge on any atom is 0.251 e. The Labute approximate surface area is 153 Å². The van der Waals surface area contributed by atoms with Crippen LogP contribution in [-0.4, -0.2) is 9.97 Å². The van der Waals surface area contributed by atoms with E-state index in [4.69, 9.17) is 0 Å². The smallest absolute Gasteiger partial charge is 0.251 e. The highest BCUT2D eigenvalue weighted by Crippen LogP contribution is 2.30. The molecule has 4 heteroatoms. The summed E-state index contributed by atoms with van der Waals surface area (Å²) in [6, 6.07) is 10.6. The summed E-state index contributed by atoms with van der Waals surface area (Å²) in [4.78, 5) is 21.5. The molecular weight excluding hydrogens is 328 g/mol. The van der Waals surface area contributed by atoms with E-state index < -0.39 is 0 Å². The third-order valence-electron chi connectivity index (χ3n) is 4.26. The number of aromatic nitrogens is 2. The quantitative estimate of drug-likeness (QED) is 0.663. The van der Waals surface area contributed by atoms with Gasteiger partial charge in [0, 0.05) is 39.0 Å². The van der Waals surface area contributed by atoms with Crippen LogP contribution in [0.15, 0.2) is 47.5 Å². The van der Waals surface area contributed by atoms with E-state index in [-0.39, 0.29) is 13.0 Å². The van der Waals surface area contributed by atoms with Crippen molar-refractivity contribution in [1.29, 1.82) is 0 Å². The Kier molecular flexibility index (Phi) is 6.71. The number of rotatable bonds is 6. The highest BCUT2D eigenvalue weighted by molar-refractivity contribution is 7.15. The fraction of sp³-hybridized carbons (Fsp3) is 0.333. The number of hydrogen-bond acceptors (Lipinski definition) is 3. The van der Waals surface area contributed by atoms with Crippen molar-refractivity contribution < 1.29 is 0 Å². The van der Waals surface area contributed by atoms with Gasteiger partial charge in [-0.05, 0) is 68.5 Å². The fourth-order valence-corrected chi connectivity index (χ4v) is 3.98. The van der Waals surface area contributed by atoms with Gasteiger partial charge in [-0.25, -0.2) is 0 Å². The second-order valence-corrected chi connectivity index (χ2v) is 7.16. The second kappa shape index (κ2) is 8.77. The van der Waals surface area contributed by atoms with Crippen molar-refractivity contribution in [3.05, 3.63) is 74.8 Å². The summed E-state index contributed by atoms with van der Waals surface area (Å²) in [5, 5.41) is 0. The van der Waals surface area contributed by atoms with Crippen LogP contribution in [-0.2, 0) is 19.3 Å². The molecule has 0 aliphatic rings. The highest BCUT2D eigenvalue weighted by atomic mass is 32.1. The van der Waals surface area contributed by atoms with Crippen molar-refractivity contribution in [1.82, 2.24) is 9.97 Å². The summed E-state index contributed by atoms with van der Waals surface area (Å²) in [5.41, 5.74) is 4.32. The van der Waals surface area contributed by atoms with Gasteiger partial charge < -0.3 is 4.98 Å². The van der Waals surface area contributed by atoms with E-state index in [1.54, 1.807) is 0 Å². The lowest BCUT2D eigenvalue weighted by atomic mass is 10.1. The lowest BCUT2D eigenvalue weighted by Gasteiger charge is -2.05. The van der Waals surface area contributed by atoms with Gasteiger partial charge in [-0.1, -0.05) is 14.4 Å². The Balaban J connectivity index is 0.00000225. The molecule has 0 unspecified atom stereocenters. The van der Waals surface area contributed by atoms with Crippen molar-refractivity contribution in [3.63, 3.8) is 0 Å². The first-order valence-electron chi connectivity index (χ1n) is 8.38. The number of aryl methyl sites for hydroxylation is 4. The van der Waals surface area contributed by atoms with Crippen molar-refractivity contribution in [2.75, 3.05) is 0 Å². The van der Waals surface area contributed by atoms with Gasteiger partial charge >= 0.3 is 0 Å². The predicted molar refractivity (Wildman–Crippen MR) is 107 cm³/mol. The summed E-state index contributed by atoms with van der Waals surface area (Å²) >= 11 is 1.83. The Morgan fingerprint density at radius 3 is 2.60 bits per heavy atom. The van der Waals surface area contributed by atoms with Gasteiger partial charge in [0.15, 0.2) is 0 Å². The molecule has 0 aliphatic carbocycles. The highest BCUT2D eigenvalue weighted by Gasteiger charge is 2.09. The number of nitrogens with one attached hydrogen (secondary N) is 1. The molecule has 25 heavy (non-hydrogen) atoms. The van der Waals surface area contributed by atoms with Crippen molar-refractivity contribution in [2.24, 2.45) is 0 Å². The molecule has 0 aliphatic heterocycles. The zero-order valence-corrected chi connectivity index (χ0v) is 15.0. The standard InChI is InChI=1S/C20H22N2OS.CH4/c1-3-16-13-18(14(2)22-20(16)23)19-8-7-17(24-19)6-4-5-15-9-11-21-12-10-15;/h7-13H,3-6H2,1-2H3,(H,22,23);1H4. The van der Waals surface area contributed by atoms with E-state index in [9.17, 15) is 4.79 Å². The average Bonchev–Trinajstić information content (AvgIpc) is 3.04. The maximum atomic E-state index is 11.9. The molecule has 1 N–H and O–H groups in total. The first-order chi connectivity index (χ1) is 11.7. The van der Waals surface area contributed by atoms with Gasteiger partial charge in [-0.2, -0.15) is 0 Å². The Bertz CT molecular complexity index is 865. The monoisotopic (exact) mass is 354 g/mol. The molecule has 132 valence electrons. The summed E-state index contributed by atoms with van der Waals surface area (Å²) in [6.07, 6.45) is 7.75. The first-order valence-corrected chi connectivity index (χ1v) is 9.20. The molecule has 3 rings (SSSR count). The summed E-state index contributed by atoms with van der Waals surface area (Å²) in [6.45, 7) is 3.99. The number of nitrogens with zero attached hydrogens (tertiary/aromatic N) is 1. The Morgan fingerprint density at radius 1 is 1.12 bits per heavy atom. The van der Waals surface area contributed by atoms with Crippen LogP contribution in [0.5, 0.6) is 0 Å². The van der Waals surface area contributed by atoms with Gasteiger partial charge in [0.1, 0.15) is 0 Å². The number of hydrogen-bond donors (Lipinski definition) is 1. The van der Waals surface area contributed by atoms with Crippen LogP contribution in [0.2, 0.25) is 0 Å². The lowest BCUT2D eigenvalue weighted by Crippen LogP contribution is -2.13. The van der Waals surface area contributed by atoms with Crippen LogP contribution in [0.25, 0.3) is 10.4 Å². The zero-order chi connectivity index (χ0) is 16.9. The minimum Gasteiger partial charge on any atom is -0.326 e. The van der Waals surface area contributed by atoms with Gasteiger partial charge in [0.25, 0.3) is 5.56 Å². The van der Waals surface area contributed by atoms with Gasteiger partial charge in [-0.3, -0.25) is 9.78 Å². The summed E-state index contributed by atoms with van der Waals surface area (Å²) in [5.74, 6) is 0. The second-order valence-electron chi connectivity index (χ2n) is 5.99. The molecular formula is C21H26N2OS. The minimum absolute atomic E-state index is 0. The van der Waals surface area contributed by atoms with E-state index in [1.165, 1.54) is 15.3 Å². The third-order valence-corrected chi connectivity index (χ3v) is 5.44. The molecule has 0 saturated carbocycles. The molecule has 3 aromatic rings. The van der Waals surface area contributed by atoms with Crippen LogP contribution in [0, 0.1) is 6.92 Å². The maximum absolute atomic E-state index is 11.9. The molecule has 0 spiro atoms. The normalized spacial score (nSPS) is 10.5. The molecule has 0 amide bonds. The Morgan fingerprint density at radius 2 is 1.88 bits per heavy atom. The van der Waals surface area contributed by atoms with E-state index in [0.717, 1.165) is 42.5 Å². The van der Waals surface area contributed by atoms with Gasteiger partial charge in [-0.15, -0.1) is 11.3 Å². The molecule has 0 radical (unpaired) electrons. The fourth-order valence-electron chi connectivity index (χ4n) is 2.86. The zero-order valence-electron chi connectivity index (χ0n) is 14.1. The molecule has 0 saturated heterocycles. The number of thiophene rings is 1. The SMILES string of the molecule is C.CCc1cc(-c2ccc(CCCc3ccncc3)s2)c(C)[nH]c1=O. The molecule has 3 nitrogen and oxygen atoms in total. The first kappa shape index (κ1) is 19.1. The van der Waals surface area contributed by atoms with Crippen LogP contribution < -0.4 is 5.56 Å². The molecule has 0 aromatic carbocycles. The Hall–Kier alpha value is -2.20. The molecule has 0 fully saturated rings. The number of aromatic amines is 1. The van der Waals surface area contributed by atoms with Crippen molar-refractivity contribution >= 4 is 11.3 Å².